The number of hydrogen-bond acceptors (Lipinski definition) is 6. The van der Waals surface area contributed by atoms with Gasteiger partial charge in [-0.25, -0.2) is 9.78 Å². The molecule has 0 radical (unpaired) electrons. The van der Waals surface area contributed by atoms with Crippen molar-refractivity contribution >= 4 is 22.6 Å². The van der Waals surface area contributed by atoms with E-state index in [1.165, 1.54) is 32.9 Å². The molecule has 152 valence electrons. The van der Waals surface area contributed by atoms with Gasteiger partial charge in [0.05, 0.1) is 25.5 Å². The first-order valence-electron chi connectivity index (χ1n) is 8.95. The van der Waals surface area contributed by atoms with Gasteiger partial charge in [-0.15, -0.1) is 0 Å². The maximum Gasteiger partial charge on any atom is 0.332 e. The molecule has 2 heterocycles. The van der Waals surface area contributed by atoms with Crippen molar-refractivity contribution in [3.05, 3.63) is 56.4 Å². The highest BCUT2D eigenvalue weighted by Crippen LogP contribution is 2.32. The number of carbonyl (C=O) groups excluding carboxylic acids is 1. The molecule has 1 N–H and O–H groups in total. The Morgan fingerprint density at radius 2 is 1.86 bits per heavy atom. The van der Waals surface area contributed by atoms with Crippen LogP contribution in [-0.4, -0.2) is 34.2 Å². The molecule has 0 saturated heterocycles. The Bertz CT molecular complexity index is 1230. The third-order valence-electron chi connectivity index (χ3n) is 4.81. The number of aromatic nitrogens is 3. The van der Waals surface area contributed by atoms with Crippen LogP contribution in [0.2, 0.25) is 0 Å². The molecule has 0 aliphatic carbocycles. The van der Waals surface area contributed by atoms with Crippen LogP contribution < -0.4 is 26.0 Å². The molecule has 0 spiro atoms. The number of amides is 1. The van der Waals surface area contributed by atoms with E-state index in [2.05, 4.69) is 10.3 Å². The fourth-order valence-electron chi connectivity index (χ4n) is 3.23. The number of ether oxygens (including phenoxy) is 2. The zero-order valence-electron chi connectivity index (χ0n) is 16.9. The van der Waals surface area contributed by atoms with Gasteiger partial charge in [-0.2, -0.15) is 0 Å². The molecule has 0 unspecified atom stereocenters. The zero-order valence-corrected chi connectivity index (χ0v) is 16.9. The number of nitrogens with zero attached hydrogens (tertiary/aromatic N) is 3. The fourth-order valence-corrected chi connectivity index (χ4v) is 3.23. The lowest BCUT2D eigenvalue weighted by atomic mass is 10.1. The monoisotopic (exact) mass is 398 g/mol. The topological polar surface area (TPSA) is 104 Å². The lowest BCUT2D eigenvalue weighted by Crippen LogP contribution is -2.38. The van der Waals surface area contributed by atoms with Crippen LogP contribution in [0.4, 0.5) is 5.69 Å². The molecule has 9 heteroatoms. The second-order valence-electron chi connectivity index (χ2n) is 6.41. The molecule has 3 rings (SSSR count). The SMILES string of the molecule is CCc1cnc2c(c1NC(=O)c1cccc(OC)c1OC)c(=O)n(C)c(=O)n2C. The Morgan fingerprint density at radius 1 is 1.14 bits per heavy atom. The fraction of sp³-hybridized carbons (Fsp3) is 0.300. The number of fused-ring (bicyclic) bond motifs is 1. The van der Waals surface area contributed by atoms with Crippen molar-refractivity contribution in [2.75, 3.05) is 19.5 Å². The minimum atomic E-state index is -0.529. The van der Waals surface area contributed by atoms with Crippen molar-refractivity contribution in [1.29, 1.82) is 0 Å². The van der Waals surface area contributed by atoms with E-state index in [1.54, 1.807) is 24.4 Å². The van der Waals surface area contributed by atoms with Crippen LogP contribution in [0.25, 0.3) is 11.0 Å². The number of benzene rings is 1. The quantitative estimate of drug-likeness (QED) is 0.698. The number of anilines is 1. The van der Waals surface area contributed by atoms with E-state index in [0.717, 1.165) is 4.57 Å². The highest BCUT2D eigenvalue weighted by atomic mass is 16.5. The van der Waals surface area contributed by atoms with Gasteiger partial charge >= 0.3 is 5.69 Å². The molecule has 1 aromatic carbocycles. The Kier molecular flexibility index (Phi) is 5.40. The van der Waals surface area contributed by atoms with Crippen molar-refractivity contribution in [1.82, 2.24) is 14.1 Å². The first-order valence-corrected chi connectivity index (χ1v) is 8.95. The van der Waals surface area contributed by atoms with Crippen LogP contribution in [0.3, 0.4) is 0 Å². The van der Waals surface area contributed by atoms with Crippen LogP contribution >= 0.6 is 0 Å². The third-order valence-corrected chi connectivity index (χ3v) is 4.81. The standard InChI is InChI=1S/C20H22N4O5/c1-6-11-10-21-17-14(19(26)24(3)20(27)23(17)2)15(11)22-18(25)12-8-7-9-13(28-4)16(12)29-5/h7-10H,6H2,1-5H3,(H,21,22,25). The van der Waals surface area contributed by atoms with E-state index in [9.17, 15) is 14.4 Å². The lowest BCUT2D eigenvalue weighted by molar-refractivity contribution is 0.102. The van der Waals surface area contributed by atoms with Gasteiger partial charge < -0.3 is 14.8 Å². The minimum Gasteiger partial charge on any atom is -0.493 e. The van der Waals surface area contributed by atoms with Gasteiger partial charge in [-0.1, -0.05) is 13.0 Å². The summed E-state index contributed by atoms with van der Waals surface area (Å²) in [5.74, 6) is 0.219. The summed E-state index contributed by atoms with van der Waals surface area (Å²) in [6.45, 7) is 1.89. The van der Waals surface area contributed by atoms with E-state index in [1.807, 2.05) is 6.92 Å². The Morgan fingerprint density at radius 3 is 2.48 bits per heavy atom. The van der Waals surface area contributed by atoms with Crippen molar-refractivity contribution in [2.45, 2.75) is 13.3 Å². The van der Waals surface area contributed by atoms with Crippen LogP contribution in [0, 0.1) is 0 Å². The van der Waals surface area contributed by atoms with Crippen molar-refractivity contribution in [2.24, 2.45) is 14.1 Å². The molecular weight excluding hydrogens is 376 g/mol. The molecule has 29 heavy (non-hydrogen) atoms. The highest BCUT2D eigenvalue weighted by molar-refractivity contribution is 6.10. The Labute approximate surface area is 166 Å². The van der Waals surface area contributed by atoms with Gasteiger partial charge in [-0.3, -0.25) is 18.7 Å². The number of hydrogen-bond donors (Lipinski definition) is 1. The largest absolute Gasteiger partial charge is 0.493 e. The summed E-state index contributed by atoms with van der Waals surface area (Å²) < 4.78 is 12.9. The minimum absolute atomic E-state index is 0.171. The third kappa shape index (κ3) is 3.24. The van der Waals surface area contributed by atoms with Crippen LogP contribution in [0.5, 0.6) is 11.5 Å². The molecule has 0 aliphatic rings. The zero-order chi connectivity index (χ0) is 21.3. The Balaban J connectivity index is 2.25. The van der Waals surface area contributed by atoms with Gasteiger partial charge in [-0.05, 0) is 24.1 Å². The first kappa shape index (κ1) is 20.1. The summed E-state index contributed by atoms with van der Waals surface area (Å²) in [5, 5.41) is 2.99. The second-order valence-corrected chi connectivity index (χ2v) is 6.41. The lowest BCUT2D eigenvalue weighted by Gasteiger charge is -2.16. The smallest absolute Gasteiger partial charge is 0.332 e. The van der Waals surface area contributed by atoms with Crippen molar-refractivity contribution < 1.29 is 14.3 Å². The average Bonchev–Trinajstić information content (AvgIpc) is 2.74. The number of para-hydroxylation sites is 1. The number of aryl methyl sites for hydroxylation is 2. The Hall–Kier alpha value is -3.62. The van der Waals surface area contributed by atoms with Gasteiger partial charge in [0, 0.05) is 20.3 Å². The van der Waals surface area contributed by atoms with Crippen LogP contribution in [0.15, 0.2) is 34.0 Å². The summed E-state index contributed by atoms with van der Waals surface area (Å²) >= 11 is 0. The molecule has 0 aliphatic heterocycles. The van der Waals surface area contributed by atoms with Gasteiger partial charge in [0.25, 0.3) is 11.5 Å². The van der Waals surface area contributed by atoms with Crippen molar-refractivity contribution in [3.8, 4) is 11.5 Å². The molecule has 0 saturated carbocycles. The maximum atomic E-state index is 13.1. The summed E-state index contributed by atoms with van der Waals surface area (Å²) in [6.07, 6.45) is 2.08. The highest BCUT2D eigenvalue weighted by Gasteiger charge is 2.21. The normalized spacial score (nSPS) is 10.8. The number of pyridine rings is 1. The molecule has 3 aromatic rings. The number of methoxy groups -OCH3 is 2. The predicted molar refractivity (Wildman–Crippen MR) is 109 cm³/mol. The van der Waals surface area contributed by atoms with E-state index in [-0.39, 0.29) is 22.3 Å². The molecule has 0 atom stereocenters. The number of rotatable bonds is 5. The van der Waals surface area contributed by atoms with Gasteiger partial charge in [0.15, 0.2) is 17.1 Å². The van der Waals surface area contributed by atoms with Crippen LogP contribution in [0.1, 0.15) is 22.8 Å². The molecule has 9 nitrogen and oxygen atoms in total. The summed E-state index contributed by atoms with van der Waals surface area (Å²) in [4.78, 5) is 42.4. The van der Waals surface area contributed by atoms with Gasteiger partial charge in [0.1, 0.15) is 5.39 Å². The van der Waals surface area contributed by atoms with Crippen LogP contribution in [-0.2, 0) is 20.5 Å². The van der Waals surface area contributed by atoms with E-state index < -0.39 is 17.2 Å². The molecule has 2 aromatic heterocycles. The molecule has 0 fully saturated rings. The number of nitrogens with one attached hydrogen (secondary N) is 1. The average molecular weight is 398 g/mol. The van der Waals surface area contributed by atoms with Crippen molar-refractivity contribution in [3.63, 3.8) is 0 Å². The predicted octanol–water partition coefficient (Wildman–Crippen LogP) is 1.46. The first-order chi connectivity index (χ1) is 13.8. The number of carbonyl (C=O) groups is 1. The van der Waals surface area contributed by atoms with E-state index in [0.29, 0.717) is 23.4 Å². The molecular formula is C20H22N4O5. The summed E-state index contributed by atoms with van der Waals surface area (Å²) in [7, 11) is 5.84. The second kappa shape index (κ2) is 7.78. The van der Waals surface area contributed by atoms with Gasteiger partial charge in [0.2, 0.25) is 0 Å². The summed E-state index contributed by atoms with van der Waals surface area (Å²) in [5.41, 5.74) is 0.417. The molecule has 1 amide bonds. The summed E-state index contributed by atoms with van der Waals surface area (Å²) in [6, 6.07) is 4.95. The van der Waals surface area contributed by atoms with E-state index >= 15 is 0 Å². The maximum absolute atomic E-state index is 13.1. The molecule has 0 bridgehead atoms. The van der Waals surface area contributed by atoms with E-state index in [4.69, 9.17) is 9.47 Å².